The zero-order valence-electron chi connectivity index (χ0n) is 16.5. The summed E-state index contributed by atoms with van der Waals surface area (Å²) in [5.41, 5.74) is 7.69. The molecule has 3 rings (SSSR count). The van der Waals surface area contributed by atoms with Crippen molar-refractivity contribution in [2.24, 2.45) is 11.7 Å². The van der Waals surface area contributed by atoms with Crippen LogP contribution >= 0.6 is 27.3 Å². The standard InChI is InChI=1S/C22H26BrN3OS/c1-14(2)12-18(25)21(27)26(22(13-24)9-10-22)19(20-15(3)8-11-28-20)16-4-6-17(23)7-5-16/h4-8,11,14,18-19H,9-10,12,25H2,1-3H3/t18-,19-/m0/s1. The Morgan fingerprint density at radius 3 is 2.43 bits per heavy atom. The van der Waals surface area contributed by atoms with Gasteiger partial charge in [0.15, 0.2) is 0 Å². The normalized spacial score (nSPS) is 17.0. The molecule has 1 heterocycles. The topological polar surface area (TPSA) is 70.1 Å². The minimum Gasteiger partial charge on any atom is -0.320 e. The summed E-state index contributed by atoms with van der Waals surface area (Å²) < 4.78 is 0.980. The first kappa shape index (κ1) is 21.0. The third-order valence-electron chi connectivity index (χ3n) is 5.27. The molecule has 28 heavy (non-hydrogen) atoms. The molecule has 0 unspecified atom stereocenters. The lowest BCUT2D eigenvalue weighted by atomic mass is 9.96. The van der Waals surface area contributed by atoms with Gasteiger partial charge in [0.2, 0.25) is 5.91 Å². The number of nitrogens with zero attached hydrogens (tertiary/aromatic N) is 2. The maximum atomic E-state index is 13.6. The minimum atomic E-state index is -0.764. The molecule has 1 aromatic heterocycles. The lowest BCUT2D eigenvalue weighted by Gasteiger charge is -2.37. The Labute approximate surface area is 179 Å². The molecule has 1 aliphatic carbocycles. The number of benzene rings is 1. The highest BCUT2D eigenvalue weighted by Crippen LogP contribution is 2.49. The fraction of sp³-hybridized carbons (Fsp3) is 0.455. The molecule has 2 N–H and O–H groups in total. The molecule has 0 aliphatic heterocycles. The van der Waals surface area contributed by atoms with Crippen LogP contribution in [0.15, 0.2) is 40.2 Å². The van der Waals surface area contributed by atoms with Crippen molar-refractivity contribution in [1.29, 1.82) is 5.26 Å². The molecule has 1 fully saturated rings. The van der Waals surface area contributed by atoms with E-state index < -0.39 is 11.6 Å². The number of hydrogen-bond acceptors (Lipinski definition) is 4. The highest BCUT2D eigenvalue weighted by Gasteiger charge is 2.55. The largest absolute Gasteiger partial charge is 0.320 e. The van der Waals surface area contributed by atoms with Gasteiger partial charge in [-0.2, -0.15) is 5.26 Å². The number of nitriles is 1. The monoisotopic (exact) mass is 459 g/mol. The van der Waals surface area contributed by atoms with Gasteiger partial charge in [-0.3, -0.25) is 4.79 Å². The lowest BCUT2D eigenvalue weighted by molar-refractivity contribution is -0.137. The Hall–Kier alpha value is -1.68. The lowest BCUT2D eigenvalue weighted by Crippen LogP contribution is -2.51. The number of amides is 1. The summed E-state index contributed by atoms with van der Waals surface area (Å²) in [5.74, 6) is 0.182. The summed E-state index contributed by atoms with van der Waals surface area (Å²) in [6.45, 7) is 6.18. The number of hydrogen-bond donors (Lipinski definition) is 1. The molecular formula is C22H26BrN3OS. The fourth-order valence-corrected chi connectivity index (χ4v) is 4.93. The molecule has 1 amide bonds. The van der Waals surface area contributed by atoms with E-state index in [0.717, 1.165) is 20.5 Å². The first-order valence-corrected chi connectivity index (χ1v) is 11.3. The van der Waals surface area contributed by atoms with Crippen molar-refractivity contribution in [3.63, 3.8) is 0 Å². The highest BCUT2D eigenvalue weighted by atomic mass is 79.9. The van der Waals surface area contributed by atoms with E-state index in [1.165, 1.54) is 0 Å². The molecule has 148 valence electrons. The van der Waals surface area contributed by atoms with Crippen LogP contribution in [0.1, 0.15) is 55.2 Å². The number of aryl methyl sites for hydroxylation is 1. The Morgan fingerprint density at radius 1 is 1.32 bits per heavy atom. The van der Waals surface area contributed by atoms with E-state index in [-0.39, 0.29) is 11.9 Å². The van der Waals surface area contributed by atoms with Crippen LogP contribution in [0, 0.1) is 24.2 Å². The van der Waals surface area contributed by atoms with Crippen LogP contribution < -0.4 is 5.73 Å². The second-order valence-corrected chi connectivity index (χ2v) is 9.87. The smallest absolute Gasteiger partial charge is 0.241 e. The van der Waals surface area contributed by atoms with Gasteiger partial charge >= 0.3 is 0 Å². The summed E-state index contributed by atoms with van der Waals surface area (Å²) in [7, 11) is 0. The van der Waals surface area contributed by atoms with Crippen molar-refractivity contribution in [2.45, 2.75) is 57.7 Å². The molecule has 1 saturated carbocycles. The average Bonchev–Trinajstić information content (AvgIpc) is 3.33. The van der Waals surface area contributed by atoms with Crippen molar-refractivity contribution >= 4 is 33.2 Å². The zero-order chi connectivity index (χ0) is 20.5. The molecule has 0 spiro atoms. The third kappa shape index (κ3) is 4.17. The zero-order valence-corrected chi connectivity index (χ0v) is 18.9. The Kier molecular flexibility index (Phi) is 6.28. The third-order valence-corrected chi connectivity index (χ3v) is 6.87. The predicted molar refractivity (Wildman–Crippen MR) is 117 cm³/mol. The molecule has 6 heteroatoms. The molecule has 1 aromatic carbocycles. The van der Waals surface area contributed by atoms with Crippen LogP contribution in [-0.2, 0) is 4.79 Å². The number of halogens is 1. The van der Waals surface area contributed by atoms with Gasteiger partial charge < -0.3 is 10.6 Å². The molecule has 1 aliphatic rings. The molecule has 2 atom stereocenters. The number of nitrogens with two attached hydrogens (primary N) is 1. The molecule has 0 radical (unpaired) electrons. The van der Waals surface area contributed by atoms with Gasteiger partial charge in [0.1, 0.15) is 5.54 Å². The Morgan fingerprint density at radius 2 is 1.96 bits per heavy atom. The highest BCUT2D eigenvalue weighted by molar-refractivity contribution is 9.10. The Balaban J connectivity index is 2.12. The summed E-state index contributed by atoms with van der Waals surface area (Å²) >= 11 is 5.12. The van der Waals surface area contributed by atoms with E-state index in [2.05, 4.69) is 48.8 Å². The molecule has 4 nitrogen and oxygen atoms in total. The number of carbonyl (C=O) groups is 1. The maximum Gasteiger partial charge on any atom is 0.241 e. The fourth-order valence-electron chi connectivity index (χ4n) is 3.62. The van der Waals surface area contributed by atoms with Crippen LogP contribution in [-0.4, -0.2) is 22.4 Å². The van der Waals surface area contributed by atoms with Gasteiger partial charge in [-0.25, -0.2) is 0 Å². The van der Waals surface area contributed by atoms with E-state index in [0.29, 0.717) is 25.2 Å². The Bertz CT molecular complexity index is 880. The van der Waals surface area contributed by atoms with Crippen LogP contribution in [0.4, 0.5) is 0 Å². The van der Waals surface area contributed by atoms with E-state index in [1.807, 2.05) is 29.6 Å². The average molecular weight is 460 g/mol. The number of carbonyl (C=O) groups excluding carboxylic acids is 1. The quantitative estimate of drug-likeness (QED) is 0.620. The molecule has 2 aromatic rings. The van der Waals surface area contributed by atoms with Gasteiger partial charge in [-0.05, 0) is 66.8 Å². The van der Waals surface area contributed by atoms with Crippen LogP contribution in [0.5, 0.6) is 0 Å². The van der Waals surface area contributed by atoms with Gasteiger partial charge in [0.05, 0.1) is 18.2 Å². The van der Waals surface area contributed by atoms with Gasteiger partial charge in [-0.15, -0.1) is 11.3 Å². The maximum absolute atomic E-state index is 13.6. The molecule has 0 saturated heterocycles. The van der Waals surface area contributed by atoms with Gasteiger partial charge in [0.25, 0.3) is 0 Å². The van der Waals surface area contributed by atoms with E-state index in [9.17, 15) is 10.1 Å². The number of rotatable bonds is 7. The molecule has 0 bridgehead atoms. The van der Waals surface area contributed by atoms with E-state index in [4.69, 9.17) is 5.73 Å². The van der Waals surface area contributed by atoms with Crippen molar-refractivity contribution in [3.8, 4) is 6.07 Å². The number of thiophene rings is 1. The summed E-state index contributed by atoms with van der Waals surface area (Å²) in [6.07, 6.45) is 2.00. The van der Waals surface area contributed by atoms with Crippen molar-refractivity contribution in [2.75, 3.05) is 0 Å². The SMILES string of the molecule is Cc1ccsc1[C@H](c1ccc(Br)cc1)N(C(=O)[C@@H](N)CC(C)C)C1(C#N)CC1. The van der Waals surface area contributed by atoms with E-state index in [1.54, 1.807) is 16.2 Å². The predicted octanol–water partition coefficient (Wildman–Crippen LogP) is 5.17. The summed E-state index contributed by atoms with van der Waals surface area (Å²) in [4.78, 5) is 16.4. The summed E-state index contributed by atoms with van der Waals surface area (Å²) in [5, 5.41) is 12.0. The molecular weight excluding hydrogens is 434 g/mol. The van der Waals surface area contributed by atoms with Crippen molar-refractivity contribution in [3.05, 3.63) is 56.2 Å². The van der Waals surface area contributed by atoms with Crippen LogP contribution in [0.3, 0.4) is 0 Å². The van der Waals surface area contributed by atoms with Gasteiger partial charge in [0, 0.05) is 9.35 Å². The van der Waals surface area contributed by atoms with Crippen LogP contribution in [0.2, 0.25) is 0 Å². The van der Waals surface area contributed by atoms with Crippen molar-refractivity contribution < 1.29 is 4.79 Å². The van der Waals surface area contributed by atoms with Gasteiger partial charge in [-0.1, -0.05) is 41.9 Å². The van der Waals surface area contributed by atoms with Crippen LogP contribution in [0.25, 0.3) is 0 Å². The second-order valence-electron chi connectivity index (χ2n) is 8.01. The summed E-state index contributed by atoms with van der Waals surface area (Å²) in [6, 6.07) is 11.6. The first-order chi connectivity index (χ1) is 13.3. The second kappa shape index (κ2) is 8.36. The van der Waals surface area contributed by atoms with E-state index >= 15 is 0 Å². The first-order valence-electron chi connectivity index (χ1n) is 9.58. The van der Waals surface area contributed by atoms with Crippen molar-refractivity contribution in [1.82, 2.24) is 4.90 Å². The minimum absolute atomic E-state index is 0.131.